The number of rotatable bonds is 10. The first-order valence-corrected chi connectivity index (χ1v) is 18.0. The van der Waals surface area contributed by atoms with Crippen LogP contribution in [-0.2, 0) is 45.1 Å². The fourth-order valence-electron chi connectivity index (χ4n) is 6.48. The Morgan fingerprint density at radius 3 is 2.26 bits per heavy atom. The topological polar surface area (TPSA) is 115 Å². The second-order valence-electron chi connectivity index (χ2n) is 13.2. The summed E-state index contributed by atoms with van der Waals surface area (Å²) in [6, 6.07) is 31.0. The van der Waals surface area contributed by atoms with Crippen molar-refractivity contribution in [2.45, 2.75) is 51.1 Å². The van der Waals surface area contributed by atoms with Gasteiger partial charge >= 0.3 is 5.97 Å². The smallest absolute Gasteiger partial charge is 0.328 e. The molecular formula is C42H37Cl2N3O6. The number of ether oxygens (including phenoxy) is 3. The van der Waals surface area contributed by atoms with Gasteiger partial charge in [-0.1, -0.05) is 95.5 Å². The molecule has 0 bridgehead atoms. The van der Waals surface area contributed by atoms with Gasteiger partial charge in [0, 0.05) is 18.5 Å². The summed E-state index contributed by atoms with van der Waals surface area (Å²) >= 11 is 12.1. The normalized spacial score (nSPS) is 16.6. The molecule has 0 saturated heterocycles. The number of amides is 2. The zero-order valence-corrected chi connectivity index (χ0v) is 30.6. The second kappa shape index (κ2) is 15.7. The molecule has 11 heteroatoms. The summed E-state index contributed by atoms with van der Waals surface area (Å²) in [4.78, 5) is 39.5. The molecule has 3 N–H and O–H groups in total. The molecule has 2 unspecified atom stereocenters. The van der Waals surface area contributed by atoms with Crippen molar-refractivity contribution in [2.75, 3.05) is 12.4 Å². The monoisotopic (exact) mass is 749 g/mol. The van der Waals surface area contributed by atoms with Gasteiger partial charge < -0.3 is 30.2 Å². The number of fused-ring (bicyclic) bond motifs is 2. The minimum absolute atomic E-state index is 0.280. The van der Waals surface area contributed by atoms with E-state index < -0.39 is 24.2 Å². The molecule has 53 heavy (non-hydrogen) atoms. The van der Waals surface area contributed by atoms with Crippen molar-refractivity contribution >= 4 is 46.7 Å². The molecule has 0 spiro atoms. The average molecular weight is 751 g/mol. The highest BCUT2D eigenvalue weighted by atomic mass is 35.5. The van der Waals surface area contributed by atoms with Crippen molar-refractivity contribution in [2.24, 2.45) is 0 Å². The number of esters is 1. The SMILES string of the molecule is COC(=O)[C@H](Cc1ccc(-c2ccc(C)cc2)cc1)NC(=O)C1Cc2cc3c(cc2CN1)OC(c1ccc(OCc2ccc(Cl)c(Cl)c2)cc1)C(=O)N3. The fraction of sp³-hybridized carbons (Fsp3) is 0.214. The highest BCUT2D eigenvalue weighted by Crippen LogP contribution is 2.38. The quantitative estimate of drug-likeness (QED) is 0.127. The number of nitrogens with one attached hydrogen (secondary N) is 3. The van der Waals surface area contributed by atoms with Gasteiger partial charge in [-0.2, -0.15) is 0 Å². The summed E-state index contributed by atoms with van der Waals surface area (Å²) in [6.07, 6.45) is -0.215. The van der Waals surface area contributed by atoms with Crippen LogP contribution in [0.1, 0.15) is 39.5 Å². The van der Waals surface area contributed by atoms with Crippen molar-refractivity contribution in [3.63, 3.8) is 0 Å². The Hall–Kier alpha value is -5.35. The molecule has 0 aliphatic carbocycles. The third-order valence-corrected chi connectivity index (χ3v) is 10.2. The van der Waals surface area contributed by atoms with Crippen LogP contribution in [0, 0.1) is 6.92 Å². The van der Waals surface area contributed by atoms with Crippen molar-refractivity contribution in [3.05, 3.63) is 147 Å². The summed E-state index contributed by atoms with van der Waals surface area (Å²) in [7, 11) is 1.31. The Balaban J connectivity index is 0.971. The lowest BCUT2D eigenvalue weighted by atomic mass is 9.93. The van der Waals surface area contributed by atoms with Crippen LogP contribution in [0.5, 0.6) is 11.5 Å². The molecule has 2 heterocycles. The number of methoxy groups -OCH3 is 1. The molecule has 9 nitrogen and oxygen atoms in total. The first kappa shape index (κ1) is 36.0. The maximum atomic E-state index is 13.5. The van der Waals surface area contributed by atoms with Gasteiger partial charge in [0.05, 0.1) is 28.9 Å². The van der Waals surface area contributed by atoms with Crippen LogP contribution in [0.25, 0.3) is 11.1 Å². The van der Waals surface area contributed by atoms with E-state index in [4.69, 9.17) is 37.4 Å². The molecule has 2 aliphatic rings. The first-order valence-electron chi connectivity index (χ1n) is 17.2. The van der Waals surface area contributed by atoms with E-state index >= 15 is 0 Å². The molecular weight excluding hydrogens is 713 g/mol. The molecule has 5 aromatic carbocycles. The number of halogens is 2. The third-order valence-electron chi connectivity index (χ3n) is 9.48. The van der Waals surface area contributed by atoms with E-state index in [1.807, 2.05) is 49.4 Å². The Kier molecular flexibility index (Phi) is 10.7. The third kappa shape index (κ3) is 8.33. The predicted molar refractivity (Wildman–Crippen MR) is 204 cm³/mol. The van der Waals surface area contributed by atoms with Crippen LogP contribution in [-0.4, -0.2) is 37.0 Å². The average Bonchev–Trinajstić information content (AvgIpc) is 3.17. The van der Waals surface area contributed by atoms with Gasteiger partial charge in [0.1, 0.15) is 24.1 Å². The number of carbonyl (C=O) groups excluding carboxylic acids is 3. The lowest BCUT2D eigenvalue weighted by Crippen LogP contribution is -2.53. The fourth-order valence-corrected chi connectivity index (χ4v) is 6.80. The highest BCUT2D eigenvalue weighted by molar-refractivity contribution is 6.42. The van der Waals surface area contributed by atoms with Gasteiger partial charge in [0.2, 0.25) is 12.0 Å². The Labute approximate surface area is 317 Å². The molecule has 5 aromatic rings. The molecule has 3 atom stereocenters. The van der Waals surface area contributed by atoms with Crippen LogP contribution in [0.4, 0.5) is 5.69 Å². The van der Waals surface area contributed by atoms with E-state index in [9.17, 15) is 14.4 Å². The Bertz CT molecular complexity index is 2160. The van der Waals surface area contributed by atoms with Gasteiger partial charge in [-0.25, -0.2) is 4.79 Å². The minimum Gasteiger partial charge on any atom is -0.489 e. The largest absolute Gasteiger partial charge is 0.489 e. The van der Waals surface area contributed by atoms with Crippen LogP contribution in [0.2, 0.25) is 10.0 Å². The standard InChI is InChI=1S/C42H37Cl2N3O6/c1-24-3-8-27(9-4-24)28-10-5-25(6-11-28)18-37(42(50)51-2)47-40(48)36-20-30-19-35-38(21-31(30)22-45-36)53-39(41(49)46-35)29-12-14-32(15-13-29)52-23-26-7-16-33(43)34(44)17-26/h3-17,19,21,36-37,39,45H,18,20,22-23H2,1-2H3,(H,46,49)(H,47,48)/t36?,37-,39?/m0/s1. The van der Waals surface area contributed by atoms with E-state index in [2.05, 4.69) is 40.2 Å². The molecule has 0 radical (unpaired) electrons. The van der Waals surface area contributed by atoms with Gasteiger partial charge in [0.15, 0.2) is 0 Å². The van der Waals surface area contributed by atoms with Crippen molar-refractivity contribution < 1.29 is 28.6 Å². The summed E-state index contributed by atoms with van der Waals surface area (Å²) in [5.41, 5.74) is 8.18. The first-order chi connectivity index (χ1) is 25.6. The molecule has 2 amide bonds. The summed E-state index contributed by atoms with van der Waals surface area (Å²) in [5.74, 6) is 0.0200. The van der Waals surface area contributed by atoms with Gasteiger partial charge in [-0.3, -0.25) is 9.59 Å². The summed E-state index contributed by atoms with van der Waals surface area (Å²) in [6.45, 7) is 2.76. The number of hydrogen-bond donors (Lipinski definition) is 3. The lowest BCUT2D eigenvalue weighted by molar-refractivity contribution is -0.145. The number of aryl methyl sites for hydroxylation is 1. The highest BCUT2D eigenvalue weighted by Gasteiger charge is 2.33. The van der Waals surface area contributed by atoms with Crippen LogP contribution >= 0.6 is 23.2 Å². The van der Waals surface area contributed by atoms with Gasteiger partial charge in [-0.15, -0.1) is 0 Å². The summed E-state index contributed by atoms with van der Waals surface area (Å²) < 4.78 is 17.1. The van der Waals surface area contributed by atoms with Crippen molar-refractivity contribution in [1.82, 2.24) is 10.6 Å². The predicted octanol–water partition coefficient (Wildman–Crippen LogP) is 7.53. The van der Waals surface area contributed by atoms with E-state index in [1.54, 1.807) is 36.4 Å². The second-order valence-corrected chi connectivity index (χ2v) is 14.0. The molecule has 7 rings (SSSR count). The zero-order valence-electron chi connectivity index (χ0n) is 29.1. The number of benzene rings is 5. The van der Waals surface area contributed by atoms with Crippen LogP contribution < -0.4 is 25.4 Å². The van der Waals surface area contributed by atoms with Crippen molar-refractivity contribution in [1.29, 1.82) is 0 Å². The number of hydrogen-bond acceptors (Lipinski definition) is 7. The Morgan fingerprint density at radius 1 is 0.868 bits per heavy atom. The van der Waals surface area contributed by atoms with Crippen molar-refractivity contribution in [3.8, 4) is 22.6 Å². The Morgan fingerprint density at radius 2 is 1.57 bits per heavy atom. The lowest BCUT2D eigenvalue weighted by Gasteiger charge is -2.31. The van der Waals surface area contributed by atoms with E-state index in [0.29, 0.717) is 52.4 Å². The van der Waals surface area contributed by atoms with Gasteiger partial charge in [-0.05, 0) is 83.1 Å². The molecule has 2 aliphatic heterocycles. The minimum atomic E-state index is -0.864. The van der Waals surface area contributed by atoms with Gasteiger partial charge in [0.25, 0.3) is 5.91 Å². The van der Waals surface area contributed by atoms with E-state index in [-0.39, 0.29) is 18.2 Å². The molecule has 0 fully saturated rings. The molecule has 0 saturated carbocycles. The molecule has 0 aromatic heterocycles. The maximum Gasteiger partial charge on any atom is 0.328 e. The zero-order chi connectivity index (χ0) is 37.1. The summed E-state index contributed by atoms with van der Waals surface area (Å²) in [5, 5.41) is 10.1. The van der Waals surface area contributed by atoms with E-state index in [0.717, 1.165) is 33.4 Å². The number of anilines is 1. The van der Waals surface area contributed by atoms with E-state index in [1.165, 1.54) is 12.7 Å². The van der Waals surface area contributed by atoms with Crippen LogP contribution in [0.15, 0.2) is 103 Å². The molecule has 270 valence electrons. The van der Waals surface area contributed by atoms with Crippen LogP contribution in [0.3, 0.4) is 0 Å². The maximum absolute atomic E-state index is 13.5. The number of carbonyl (C=O) groups is 3.